The Labute approximate surface area is 186 Å². The molecule has 0 bridgehead atoms. The van der Waals surface area contributed by atoms with Gasteiger partial charge < -0.3 is 4.74 Å². The summed E-state index contributed by atoms with van der Waals surface area (Å²) >= 11 is 5.95. The minimum absolute atomic E-state index is 0.175. The van der Waals surface area contributed by atoms with Gasteiger partial charge in [-0.25, -0.2) is 9.69 Å². The number of anilines is 1. The fourth-order valence-corrected chi connectivity index (χ4v) is 4.24. The molecule has 2 heterocycles. The van der Waals surface area contributed by atoms with Gasteiger partial charge in [-0.2, -0.15) is 0 Å². The Hall–Kier alpha value is -2.74. The van der Waals surface area contributed by atoms with Crippen LogP contribution < -0.4 is 4.90 Å². The number of piperazine rings is 1. The van der Waals surface area contributed by atoms with E-state index < -0.39 is 12.0 Å². The monoisotopic (exact) mass is 441 g/mol. The van der Waals surface area contributed by atoms with E-state index >= 15 is 0 Å². The lowest BCUT2D eigenvalue weighted by Gasteiger charge is -2.37. The maximum atomic E-state index is 13.0. The number of hydrogen-bond donors (Lipinski definition) is 0. The third-order valence-corrected chi connectivity index (χ3v) is 6.09. The molecule has 2 aliphatic rings. The summed E-state index contributed by atoms with van der Waals surface area (Å²) < 4.78 is 4.69. The van der Waals surface area contributed by atoms with E-state index in [4.69, 9.17) is 11.6 Å². The lowest BCUT2D eigenvalue weighted by Crippen LogP contribution is -2.52. The van der Waals surface area contributed by atoms with E-state index in [1.165, 1.54) is 17.6 Å². The van der Waals surface area contributed by atoms with Gasteiger partial charge in [-0.1, -0.05) is 23.7 Å². The number of carbonyl (C=O) groups excluding carboxylic acids is 3. The number of rotatable bonds is 5. The van der Waals surface area contributed by atoms with Crippen LogP contribution in [0.25, 0.3) is 0 Å². The van der Waals surface area contributed by atoms with E-state index in [1.807, 2.05) is 24.3 Å². The molecule has 0 aliphatic carbocycles. The molecule has 2 fully saturated rings. The predicted molar refractivity (Wildman–Crippen MR) is 117 cm³/mol. The lowest BCUT2D eigenvalue weighted by atomic mass is 10.1. The van der Waals surface area contributed by atoms with Crippen molar-refractivity contribution in [1.82, 2.24) is 9.80 Å². The second-order valence-electron chi connectivity index (χ2n) is 7.76. The van der Waals surface area contributed by atoms with Crippen molar-refractivity contribution in [3.63, 3.8) is 0 Å². The van der Waals surface area contributed by atoms with E-state index in [0.717, 1.165) is 37.7 Å². The van der Waals surface area contributed by atoms with E-state index in [2.05, 4.69) is 14.5 Å². The van der Waals surface area contributed by atoms with Gasteiger partial charge in [-0.05, 0) is 42.0 Å². The van der Waals surface area contributed by atoms with Crippen molar-refractivity contribution in [3.05, 3.63) is 64.7 Å². The SMILES string of the molecule is COC(=O)c1ccc(N2C(=O)CC(N3CCN(Cc4ccc(Cl)cc4)CC3)C2=O)cc1. The van der Waals surface area contributed by atoms with Gasteiger partial charge in [0, 0.05) is 37.7 Å². The third-order valence-electron chi connectivity index (χ3n) is 5.84. The second-order valence-corrected chi connectivity index (χ2v) is 8.20. The molecule has 2 aromatic rings. The maximum Gasteiger partial charge on any atom is 0.337 e. The molecule has 2 aliphatic heterocycles. The summed E-state index contributed by atoms with van der Waals surface area (Å²) in [6.07, 6.45) is 0.175. The molecule has 8 heteroatoms. The van der Waals surface area contributed by atoms with Gasteiger partial charge in [-0.3, -0.25) is 19.4 Å². The fraction of sp³-hybridized carbons (Fsp3) is 0.348. The molecule has 7 nitrogen and oxygen atoms in total. The fourth-order valence-electron chi connectivity index (χ4n) is 4.12. The molecule has 162 valence electrons. The topological polar surface area (TPSA) is 70.2 Å². The van der Waals surface area contributed by atoms with Crippen LogP contribution in [-0.2, 0) is 20.9 Å². The lowest BCUT2D eigenvalue weighted by molar-refractivity contribution is -0.123. The number of hydrogen-bond acceptors (Lipinski definition) is 6. The van der Waals surface area contributed by atoms with E-state index in [1.54, 1.807) is 24.3 Å². The van der Waals surface area contributed by atoms with Crippen LogP contribution in [0.2, 0.25) is 5.02 Å². The first kappa shape index (κ1) is 21.5. The van der Waals surface area contributed by atoms with Crippen molar-refractivity contribution in [2.45, 2.75) is 19.0 Å². The molecule has 2 aromatic carbocycles. The Bertz CT molecular complexity index is 969. The minimum atomic E-state index is -0.458. The molecular weight excluding hydrogens is 418 g/mol. The van der Waals surface area contributed by atoms with Gasteiger partial charge in [0.1, 0.15) is 0 Å². The Morgan fingerprint density at radius 3 is 2.26 bits per heavy atom. The van der Waals surface area contributed by atoms with Gasteiger partial charge >= 0.3 is 5.97 Å². The van der Waals surface area contributed by atoms with Crippen LogP contribution >= 0.6 is 11.6 Å². The number of ether oxygens (including phenoxy) is 1. The van der Waals surface area contributed by atoms with Crippen LogP contribution in [0.3, 0.4) is 0 Å². The number of imide groups is 1. The van der Waals surface area contributed by atoms with Crippen molar-refractivity contribution < 1.29 is 19.1 Å². The van der Waals surface area contributed by atoms with Crippen LogP contribution in [0.5, 0.6) is 0 Å². The van der Waals surface area contributed by atoms with Crippen LogP contribution in [0.1, 0.15) is 22.3 Å². The smallest absolute Gasteiger partial charge is 0.337 e. The standard InChI is InChI=1S/C23H24ClN3O4/c1-31-23(30)17-4-8-19(9-5-17)27-21(28)14-20(22(27)29)26-12-10-25(11-13-26)15-16-2-6-18(24)7-3-16/h2-9,20H,10-15H2,1H3. The van der Waals surface area contributed by atoms with Crippen molar-refractivity contribution in [1.29, 1.82) is 0 Å². The molecule has 4 rings (SSSR count). The molecule has 2 saturated heterocycles. The Morgan fingerprint density at radius 2 is 1.65 bits per heavy atom. The Kier molecular flexibility index (Phi) is 6.36. The molecule has 1 atom stereocenters. The molecule has 0 saturated carbocycles. The number of methoxy groups -OCH3 is 1. The zero-order chi connectivity index (χ0) is 22.0. The minimum Gasteiger partial charge on any atom is -0.465 e. The Morgan fingerprint density at radius 1 is 1.00 bits per heavy atom. The van der Waals surface area contributed by atoms with Gasteiger partial charge in [0.25, 0.3) is 5.91 Å². The van der Waals surface area contributed by atoms with Gasteiger partial charge in [0.15, 0.2) is 0 Å². The Balaban J connectivity index is 1.37. The zero-order valence-electron chi connectivity index (χ0n) is 17.3. The van der Waals surface area contributed by atoms with Gasteiger partial charge in [0.05, 0.1) is 30.8 Å². The molecule has 31 heavy (non-hydrogen) atoms. The van der Waals surface area contributed by atoms with Crippen molar-refractivity contribution in [2.75, 3.05) is 38.2 Å². The summed E-state index contributed by atoms with van der Waals surface area (Å²) in [5.74, 6) is -0.883. The average molecular weight is 442 g/mol. The molecule has 0 N–H and O–H groups in total. The van der Waals surface area contributed by atoms with Crippen molar-refractivity contribution >= 4 is 35.1 Å². The first-order valence-electron chi connectivity index (χ1n) is 10.2. The summed E-state index contributed by atoms with van der Waals surface area (Å²) in [5, 5.41) is 0.725. The van der Waals surface area contributed by atoms with Crippen molar-refractivity contribution in [3.8, 4) is 0 Å². The summed E-state index contributed by atoms with van der Waals surface area (Å²) in [7, 11) is 1.31. The molecule has 1 unspecified atom stereocenters. The quantitative estimate of drug-likeness (QED) is 0.524. The van der Waals surface area contributed by atoms with Crippen molar-refractivity contribution in [2.24, 2.45) is 0 Å². The van der Waals surface area contributed by atoms with Gasteiger partial charge in [-0.15, -0.1) is 0 Å². The normalized spacial score (nSPS) is 20.3. The summed E-state index contributed by atoms with van der Waals surface area (Å²) in [6.45, 7) is 3.95. The van der Waals surface area contributed by atoms with Crippen LogP contribution in [0.15, 0.2) is 48.5 Å². The summed E-state index contributed by atoms with van der Waals surface area (Å²) in [5.41, 5.74) is 2.05. The summed E-state index contributed by atoms with van der Waals surface area (Å²) in [6, 6.07) is 13.7. The van der Waals surface area contributed by atoms with Gasteiger partial charge in [0.2, 0.25) is 5.91 Å². The van der Waals surface area contributed by atoms with E-state index in [-0.39, 0.29) is 18.2 Å². The first-order chi connectivity index (χ1) is 15.0. The largest absolute Gasteiger partial charge is 0.465 e. The molecule has 0 aromatic heterocycles. The number of benzene rings is 2. The molecular formula is C23H24ClN3O4. The third kappa shape index (κ3) is 4.63. The second kappa shape index (κ2) is 9.18. The average Bonchev–Trinajstić information content (AvgIpc) is 3.09. The maximum absolute atomic E-state index is 13.0. The zero-order valence-corrected chi connectivity index (χ0v) is 18.0. The highest BCUT2D eigenvalue weighted by molar-refractivity contribution is 6.30. The summed E-state index contributed by atoms with van der Waals surface area (Å²) in [4.78, 5) is 42.9. The molecule has 0 radical (unpaired) electrons. The van der Waals surface area contributed by atoms with Crippen LogP contribution in [-0.4, -0.2) is 66.9 Å². The van der Waals surface area contributed by atoms with E-state index in [0.29, 0.717) is 11.3 Å². The number of halogens is 1. The predicted octanol–water partition coefficient (Wildman–Crippen LogP) is 2.58. The first-order valence-corrected chi connectivity index (χ1v) is 10.6. The number of esters is 1. The highest BCUT2D eigenvalue weighted by Gasteiger charge is 2.43. The van der Waals surface area contributed by atoms with Crippen LogP contribution in [0.4, 0.5) is 5.69 Å². The molecule has 0 spiro atoms. The van der Waals surface area contributed by atoms with Crippen LogP contribution in [0, 0.1) is 0 Å². The van der Waals surface area contributed by atoms with E-state index in [9.17, 15) is 14.4 Å². The number of amides is 2. The highest BCUT2D eigenvalue weighted by Crippen LogP contribution is 2.27. The number of carbonyl (C=O) groups is 3. The highest BCUT2D eigenvalue weighted by atomic mass is 35.5. The molecule has 2 amide bonds. The number of nitrogens with zero attached hydrogens (tertiary/aromatic N) is 3.